The first kappa shape index (κ1) is 9.74. The van der Waals surface area contributed by atoms with Crippen LogP contribution in [0.5, 0.6) is 0 Å². The van der Waals surface area contributed by atoms with Gasteiger partial charge in [0.2, 0.25) is 0 Å². The lowest BCUT2D eigenvalue weighted by Crippen LogP contribution is -1.96. The largest absolute Gasteiger partial charge is 0.477 e. The maximum absolute atomic E-state index is 10.5. The summed E-state index contributed by atoms with van der Waals surface area (Å²) in [5, 5.41) is 8.63. The molecule has 2 aliphatic rings. The molecular weight excluding hydrogens is 190 g/mol. The zero-order valence-electron chi connectivity index (χ0n) is 6.73. The molecule has 0 aromatic carbocycles. The Morgan fingerprint density at radius 3 is 2.92 bits per heavy atom. The molecule has 0 spiro atoms. The summed E-state index contributed by atoms with van der Waals surface area (Å²) in [5.74, 6) is -0.966. The van der Waals surface area contributed by atoms with Gasteiger partial charge in [-0.05, 0) is 24.1 Å². The molecule has 0 saturated carbocycles. The summed E-state index contributed by atoms with van der Waals surface area (Å²) >= 11 is 0. The zero-order valence-corrected chi connectivity index (χ0v) is 7.54. The molecule has 4 heteroatoms. The molecule has 68 valence electrons. The molecular formula is C9H8ClNO2. The number of carbonyl (C=O) groups is 1. The van der Waals surface area contributed by atoms with Gasteiger partial charge in [-0.25, -0.2) is 9.79 Å². The molecule has 13 heavy (non-hydrogen) atoms. The normalized spacial score (nSPS) is 18.0. The number of carboxylic acid groups (broad SMARTS) is 1. The second-order valence-corrected chi connectivity index (χ2v) is 2.63. The van der Waals surface area contributed by atoms with Crippen LogP contribution in [0.2, 0.25) is 0 Å². The van der Waals surface area contributed by atoms with Crippen molar-refractivity contribution in [2.75, 3.05) is 0 Å². The number of fused-ring (bicyclic) bond motifs is 1. The molecule has 2 rings (SSSR count). The SMILES string of the molecule is Cl.O=C(O)C1=CC2=CCC=CC2=N1. The number of rotatable bonds is 1. The van der Waals surface area contributed by atoms with Gasteiger partial charge in [-0.1, -0.05) is 12.2 Å². The Morgan fingerprint density at radius 1 is 1.54 bits per heavy atom. The van der Waals surface area contributed by atoms with Crippen LogP contribution in [0, 0.1) is 0 Å². The third kappa shape index (κ3) is 1.70. The summed E-state index contributed by atoms with van der Waals surface area (Å²) < 4.78 is 0. The van der Waals surface area contributed by atoms with Crippen LogP contribution in [-0.2, 0) is 4.79 Å². The predicted molar refractivity (Wildman–Crippen MR) is 52.2 cm³/mol. The molecule has 0 aromatic heterocycles. The Morgan fingerprint density at radius 2 is 2.31 bits per heavy atom. The van der Waals surface area contributed by atoms with Crippen molar-refractivity contribution >= 4 is 24.1 Å². The lowest BCUT2D eigenvalue weighted by molar-refractivity contribution is -0.132. The smallest absolute Gasteiger partial charge is 0.354 e. The molecule has 3 nitrogen and oxygen atoms in total. The van der Waals surface area contributed by atoms with Crippen molar-refractivity contribution in [3.63, 3.8) is 0 Å². The number of halogens is 1. The molecule has 0 radical (unpaired) electrons. The Hall–Kier alpha value is -1.35. The minimum atomic E-state index is -0.966. The van der Waals surface area contributed by atoms with E-state index in [4.69, 9.17) is 5.11 Å². The molecule has 0 amide bonds. The second-order valence-electron chi connectivity index (χ2n) is 2.63. The fraction of sp³-hybridized carbons (Fsp3) is 0.111. The first-order valence-electron chi connectivity index (χ1n) is 3.68. The van der Waals surface area contributed by atoms with E-state index in [9.17, 15) is 4.79 Å². The van der Waals surface area contributed by atoms with Gasteiger partial charge < -0.3 is 5.11 Å². The van der Waals surface area contributed by atoms with Gasteiger partial charge >= 0.3 is 5.97 Å². The Balaban J connectivity index is 0.000000845. The summed E-state index contributed by atoms with van der Waals surface area (Å²) in [4.78, 5) is 14.5. The highest BCUT2D eigenvalue weighted by molar-refractivity contribution is 6.16. The summed E-state index contributed by atoms with van der Waals surface area (Å²) in [6.45, 7) is 0. The van der Waals surface area contributed by atoms with E-state index in [1.165, 1.54) is 0 Å². The van der Waals surface area contributed by atoms with Gasteiger partial charge in [-0.2, -0.15) is 0 Å². The van der Waals surface area contributed by atoms with Gasteiger partial charge in [0.05, 0.1) is 5.71 Å². The lowest BCUT2D eigenvalue weighted by Gasteiger charge is -1.99. The van der Waals surface area contributed by atoms with E-state index >= 15 is 0 Å². The summed E-state index contributed by atoms with van der Waals surface area (Å²) in [7, 11) is 0. The van der Waals surface area contributed by atoms with Crippen LogP contribution in [0.15, 0.2) is 40.6 Å². The van der Waals surface area contributed by atoms with Crippen molar-refractivity contribution in [2.45, 2.75) is 6.42 Å². The van der Waals surface area contributed by atoms with Crippen molar-refractivity contribution in [1.29, 1.82) is 0 Å². The van der Waals surface area contributed by atoms with Crippen LogP contribution in [0.25, 0.3) is 0 Å². The number of carboxylic acids is 1. The van der Waals surface area contributed by atoms with E-state index in [0.29, 0.717) is 0 Å². The van der Waals surface area contributed by atoms with Crippen LogP contribution < -0.4 is 0 Å². The average molecular weight is 198 g/mol. The van der Waals surface area contributed by atoms with Crippen molar-refractivity contribution in [1.82, 2.24) is 0 Å². The number of allylic oxidation sites excluding steroid dienone is 5. The third-order valence-corrected chi connectivity index (χ3v) is 1.80. The quantitative estimate of drug-likeness (QED) is 0.696. The molecule has 0 atom stereocenters. The van der Waals surface area contributed by atoms with Crippen molar-refractivity contribution in [3.05, 3.63) is 35.6 Å². The maximum Gasteiger partial charge on any atom is 0.354 e. The number of aliphatic carboxylic acids is 1. The first-order valence-corrected chi connectivity index (χ1v) is 3.68. The van der Waals surface area contributed by atoms with Gasteiger partial charge in [-0.15, -0.1) is 12.4 Å². The summed E-state index contributed by atoms with van der Waals surface area (Å²) in [5.41, 5.74) is 1.82. The molecule has 0 saturated heterocycles. The van der Waals surface area contributed by atoms with Crippen molar-refractivity contribution in [2.24, 2.45) is 4.99 Å². The second kappa shape index (κ2) is 3.58. The highest BCUT2D eigenvalue weighted by Crippen LogP contribution is 2.20. The number of nitrogens with zero attached hydrogens (tertiary/aromatic N) is 1. The van der Waals surface area contributed by atoms with E-state index in [1.54, 1.807) is 6.08 Å². The first-order chi connectivity index (χ1) is 5.77. The van der Waals surface area contributed by atoms with Crippen LogP contribution in [0.1, 0.15) is 6.42 Å². The highest BCUT2D eigenvalue weighted by atomic mass is 35.5. The predicted octanol–water partition coefficient (Wildman–Crippen LogP) is 1.72. The zero-order chi connectivity index (χ0) is 8.55. The fourth-order valence-electron chi connectivity index (χ4n) is 1.23. The monoisotopic (exact) mass is 197 g/mol. The molecule has 1 aliphatic heterocycles. The number of hydrogen-bond donors (Lipinski definition) is 1. The van der Waals surface area contributed by atoms with Gasteiger partial charge in [0.15, 0.2) is 0 Å². The van der Waals surface area contributed by atoms with E-state index < -0.39 is 5.97 Å². The van der Waals surface area contributed by atoms with E-state index in [2.05, 4.69) is 4.99 Å². The highest BCUT2D eigenvalue weighted by Gasteiger charge is 2.17. The Labute approximate surface area is 81.6 Å². The Kier molecular flexibility index (Phi) is 2.68. The van der Waals surface area contributed by atoms with Crippen molar-refractivity contribution in [3.8, 4) is 0 Å². The van der Waals surface area contributed by atoms with Gasteiger partial charge in [-0.3, -0.25) is 0 Å². The van der Waals surface area contributed by atoms with Gasteiger partial charge in [0.25, 0.3) is 0 Å². The average Bonchev–Trinajstić information content (AvgIpc) is 2.46. The number of hydrogen-bond acceptors (Lipinski definition) is 2. The molecule has 1 heterocycles. The van der Waals surface area contributed by atoms with Crippen LogP contribution in [-0.4, -0.2) is 16.8 Å². The standard InChI is InChI=1S/C9H7NO2.ClH/c11-9(12)8-5-6-3-1-2-4-7(6)10-8;/h2-5H,1H2,(H,11,12);1H. The molecule has 1 N–H and O–H groups in total. The number of aliphatic imine (C=N–C) groups is 1. The molecule has 0 bridgehead atoms. The van der Waals surface area contributed by atoms with Gasteiger partial charge in [0, 0.05) is 0 Å². The summed E-state index contributed by atoms with van der Waals surface area (Å²) in [6, 6.07) is 0. The van der Waals surface area contributed by atoms with E-state index in [0.717, 1.165) is 17.7 Å². The van der Waals surface area contributed by atoms with Crippen LogP contribution in [0.3, 0.4) is 0 Å². The molecule has 1 aliphatic carbocycles. The minimum absolute atomic E-state index is 0. The fourth-order valence-corrected chi connectivity index (χ4v) is 1.23. The summed E-state index contributed by atoms with van der Waals surface area (Å²) in [6.07, 6.45) is 8.23. The molecule has 0 aromatic rings. The molecule has 0 unspecified atom stereocenters. The van der Waals surface area contributed by atoms with E-state index in [-0.39, 0.29) is 18.1 Å². The van der Waals surface area contributed by atoms with Gasteiger partial charge in [0.1, 0.15) is 5.70 Å². The van der Waals surface area contributed by atoms with Crippen LogP contribution >= 0.6 is 12.4 Å². The maximum atomic E-state index is 10.5. The van der Waals surface area contributed by atoms with Crippen LogP contribution in [0.4, 0.5) is 0 Å². The van der Waals surface area contributed by atoms with E-state index in [1.807, 2.05) is 18.2 Å². The molecule has 0 fully saturated rings. The third-order valence-electron chi connectivity index (χ3n) is 1.80. The Bertz CT molecular complexity index is 364. The minimum Gasteiger partial charge on any atom is -0.477 e. The van der Waals surface area contributed by atoms with Crippen molar-refractivity contribution < 1.29 is 9.90 Å². The lowest BCUT2D eigenvalue weighted by atomic mass is 10.1. The topological polar surface area (TPSA) is 49.7 Å².